The van der Waals surface area contributed by atoms with Crippen molar-refractivity contribution in [3.05, 3.63) is 46.8 Å². The van der Waals surface area contributed by atoms with Crippen molar-refractivity contribution >= 4 is 17.1 Å². The molecule has 2 atom stereocenters. The van der Waals surface area contributed by atoms with Gasteiger partial charge in [-0.05, 0) is 43.0 Å². The number of hydrogen-bond donors (Lipinski definition) is 0. The van der Waals surface area contributed by atoms with Crippen molar-refractivity contribution in [1.82, 2.24) is 4.98 Å². The first-order valence-corrected chi connectivity index (χ1v) is 8.78. The lowest BCUT2D eigenvalue weighted by Gasteiger charge is -2.09. The molecule has 2 aromatic rings. The Hall–Kier alpha value is -2.45. The molecule has 0 aliphatic heterocycles. The number of benzene rings is 1. The molecule has 1 heterocycles. The summed E-state index contributed by atoms with van der Waals surface area (Å²) >= 11 is 1.37. The minimum Gasteiger partial charge on any atom is -0.497 e. The van der Waals surface area contributed by atoms with Crippen LogP contribution in [0.25, 0.3) is 11.3 Å². The summed E-state index contributed by atoms with van der Waals surface area (Å²) in [4.78, 5) is 17.0. The van der Waals surface area contributed by atoms with E-state index in [9.17, 15) is 10.1 Å². The highest BCUT2D eigenvalue weighted by molar-refractivity contribution is 7.10. The fourth-order valence-corrected chi connectivity index (χ4v) is 3.71. The fourth-order valence-electron chi connectivity index (χ4n) is 2.82. The van der Waals surface area contributed by atoms with E-state index in [1.165, 1.54) is 11.3 Å². The molecule has 1 aliphatic rings. The van der Waals surface area contributed by atoms with Gasteiger partial charge in [-0.25, -0.2) is 4.98 Å². The lowest BCUT2D eigenvalue weighted by atomic mass is 9.95. The predicted octanol–water partition coefficient (Wildman–Crippen LogP) is 4.35. The van der Waals surface area contributed by atoms with Crippen molar-refractivity contribution in [2.75, 3.05) is 7.11 Å². The molecule has 3 rings (SSSR count). The van der Waals surface area contributed by atoms with Crippen LogP contribution in [0.1, 0.15) is 30.2 Å². The molecule has 0 N–H and O–H groups in total. The number of carbonyl (C=O) groups excluding carboxylic acids is 1. The maximum atomic E-state index is 12.5. The van der Waals surface area contributed by atoms with Gasteiger partial charge in [-0.2, -0.15) is 5.26 Å². The number of nitrogens with zero attached hydrogens (tertiary/aromatic N) is 2. The minimum atomic E-state index is -0.768. The summed E-state index contributed by atoms with van der Waals surface area (Å²) < 4.78 is 5.15. The summed E-state index contributed by atoms with van der Waals surface area (Å²) in [5.74, 6) is 0.249. The average Bonchev–Trinajstić information content (AvgIpc) is 3.28. The van der Waals surface area contributed by atoms with E-state index < -0.39 is 5.92 Å². The van der Waals surface area contributed by atoms with E-state index in [2.05, 4.69) is 23.2 Å². The standard InChI is InChI=1S/C19H18N2O2S/c1-23-15-8-6-14(7-9-15)17-12-24-19(21-17)16(11-20)18(22)10-13-4-2-3-5-13/h2,4,6-9,12-13,16H,3,5,10H2,1H3/t13-,16-/m0/s1. The summed E-state index contributed by atoms with van der Waals surface area (Å²) in [5, 5.41) is 11.9. The van der Waals surface area contributed by atoms with E-state index in [1.54, 1.807) is 7.11 Å². The highest BCUT2D eigenvalue weighted by atomic mass is 32.1. The molecular formula is C19H18N2O2S. The van der Waals surface area contributed by atoms with E-state index >= 15 is 0 Å². The maximum absolute atomic E-state index is 12.5. The van der Waals surface area contributed by atoms with E-state index in [4.69, 9.17) is 4.74 Å². The van der Waals surface area contributed by atoms with Crippen LogP contribution in [-0.4, -0.2) is 17.9 Å². The van der Waals surface area contributed by atoms with Gasteiger partial charge in [-0.1, -0.05) is 12.2 Å². The topological polar surface area (TPSA) is 63.0 Å². The molecule has 5 heteroatoms. The molecule has 1 aromatic heterocycles. The molecule has 0 spiro atoms. The van der Waals surface area contributed by atoms with Crippen molar-refractivity contribution in [2.24, 2.45) is 5.92 Å². The van der Waals surface area contributed by atoms with E-state index in [-0.39, 0.29) is 11.7 Å². The number of ether oxygens (including phenoxy) is 1. The predicted molar refractivity (Wildman–Crippen MR) is 93.9 cm³/mol. The summed E-state index contributed by atoms with van der Waals surface area (Å²) in [6.45, 7) is 0. The Morgan fingerprint density at radius 3 is 2.88 bits per heavy atom. The number of methoxy groups -OCH3 is 1. The summed E-state index contributed by atoms with van der Waals surface area (Å²) in [5.41, 5.74) is 1.73. The quantitative estimate of drug-likeness (QED) is 0.735. The highest BCUT2D eigenvalue weighted by Gasteiger charge is 2.26. The third-order valence-electron chi connectivity index (χ3n) is 4.18. The van der Waals surface area contributed by atoms with Crippen LogP contribution in [0.15, 0.2) is 41.8 Å². The van der Waals surface area contributed by atoms with Crippen molar-refractivity contribution in [2.45, 2.75) is 25.2 Å². The third-order valence-corrected chi connectivity index (χ3v) is 5.09. The van der Waals surface area contributed by atoms with Gasteiger partial charge < -0.3 is 4.74 Å². The van der Waals surface area contributed by atoms with Gasteiger partial charge in [0.2, 0.25) is 0 Å². The molecule has 4 nitrogen and oxygen atoms in total. The Morgan fingerprint density at radius 1 is 1.46 bits per heavy atom. The number of carbonyl (C=O) groups is 1. The first-order valence-electron chi connectivity index (χ1n) is 7.90. The molecule has 0 saturated carbocycles. The number of hydrogen-bond acceptors (Lipinski definition) is 5. The molecule has 0 radical (unpaired) electrons. The number of ketones is 1. The third kappa shape index (κ3) is 3.55. The summed E-state index contributed by atoms with van der Waals surface area (Å²) in [6.07, 6.45) is 6.63. The van der Waals surface area contributed by atoms with Gasteiger partial charge in [0.15, 0.2) is 11.7 Å². The second kappa shape index (κ2) is 7.41. The van der Waals surface area contributed by atoms with Gasteiger partial charge in [0.1, 0.15) is 10.8 Å². The SMILES string of the molecule is COc1ccc(-c2csc([C@@H](C#N)C(=O)C[C@H]3C=CCC3)n2)cc1. The first kappa shape index (κ1) is 16.4. The van der Waals surface area contributed by atoms with Crippen molar-refractivity contribution < 1.29 is 9.53 Å². The molecule has 0 fully saturated rings. The van der Waals surface area contributed by atoms with Gasteiger partial charge in [-0.3, -0.25) is 4.79 Å². The van der Waals surface area contributed by atoms with Crippen molar-refractivity contribution in [3.8, 4) is 23.1 Å². The maximum Gasteiger partial charge on any atom is 0.157 e. The number of allylic oxidation sites excluding steroid dienone is 2. The van der Waals surface area contributed by atoms with Crippen molar-refractivity contribution in [3.63, 3.8) is 0 Å². The molecule has 1 aliphatic carbocycles. The smallest absolute Gasteiger partial charge is 0.157 e. The number of aromatic nitrogens is 1. The molecular weight excluding hydrogens is 320 g/mol. The zero-order chi connectivity index (χ0) is 16.9. The minimum absolute atomic E-state index is 0.0373. The van der Waals surface area contributed by atoms with E-state index in [0.29, 0.717) is 11.4 Å². The van der Waals surface area contributed by atoms with Crippen LogP contribution in [0, 0.1) is 17.2 Å². The number of nitriles is 1. The largest absolute Gasteiger partial charge is 0.497 e. The molecule has 0 unspecified atom stereocenters. The van der Waals surface area contributed by atoms with Crippen LogP contribution in [0.4, 0.5) is 0 Å². The Balaban J connectivity index is 1.75. The number of thiazole rings is 1. The van der Waals surface area contributed by atoms with Crippen LogP contribution in [-0.2, 0) is 4.79 Å². The number of rotatable bonds is 6. The van der Waals surface area contributed by atoms with Crippen molar-refractivity contribution in [1.29, 1.82) is 5.26 Å². The fraction of sp³-hybridized carbons (Fsp3) is 0.316. The molecule has 122 valence electrons. The van der Waals surface area contributed by atoms with Crippen LogP contribution in [0.2, 0.25) is 0 Å². The lowest BCUT2D eigenvalue weighted by molar-refractivity contribution is -0.120. The molecule has 0 amide bonds. The number of Topliss-reactive ketones (excluding diaryl/α,β-unsaturated/α-hetero) is 1. The zero-order valence-corrected chi connectivity index (χ0v) is 14.3. The first-order chi connectivity index (χ1) is 11.7. The Labute approximate surface area is 145 Å². The van der Waals surface area contributed by atoms with Gasteiger partial charge in [-0.15, -0.1) is 11.3 Å². The van der Waals surface area contributed by atoms with E-state index in [1.807, 2.05) is 29.6 Å². The summed E-state index contributed by atoms with van der Waals surface area (Å²) in [7, 11) is 1.62. The Kier molecular flexibility index (Phi) is 5.07. The van der Waals surface area contributed by atoms with Gasteiger partial charge in [0.05, 0.1) is 18.9 Å². The highest BCUT2D eigenvalue weighted by Crippen LogP contribution is 2.30. The van der Waals surface area contributed by atoms with Gasteiger partial charge in [0.25, 0.3) is 0 Å². The van der Waals surface area contributed by atoms with Gasteiger partial charge >= 0.3 is 0 Å². The molecule has 1 aromatic carbocycles. The average molecular weight is 338 g/mol. The molecule has 0 saturated heterocycles. The second-order valence-electron chi connectivity index (χ2n) is 5.80. The van der Waals surface area contributed by atoms with Crippen LogP contribution >= 0.6 is 11.3 Å². The Morgan fingerprint density at radius 2 is 2.25 bits per heavy atom. The molecule has 24 heavy (non-hydrogen) atoms. The van der Waals surface area contributed by atoms with Crippen LogP contribution in [0.3, 0.4) is 0 Å². The van der Waals surface area contributed by atoms with Gasteiger partial charge in [0, 0.05) is 17.4 Å². The second-order valence-corrected chi connectivity index (χ2v) is 6.69. The summed E-state index contributed by atoms with van der Waals surface area (Å²) in [6, 6.07) is 9.71. The van der Waals surface area contributed by atoms with Crippen LogP contribution in [0.5, 0.6) is 5.75 Å². The normalized spacial score (nSPS) is 17.4. The Bertz CT molecular complexity index is 786. The van der Waals surface area contributed by atoms with E-state index in [0.717, 1.165) is 29.8 Å². The molecule has 0 bridgehead atoms. The monoisotopic (exact) mass is 338 g/mol. The van der Waals surface area contributed by atoms with Crippen LogP contribution < -0.4 is 4.74 Å². The lowest BCUT2D eigenvalue weighted by Crippen LogP contribution is -2.13. The zero-order valence-electron chi connectivity index (χ0n) is 13.4.